The summed E-state index contributed by atoms with van der Waals surface area (Å²) in [5.41, 5.74) is 3.61. The highest BCUT2D eigenvalue weighted by atomic mass is 16.5. The van der Waals surface area contributed by atoms with Crippen LogP contribution in [-0.4, -0.2) is 32.3 Å². The minimum atomic E-state index is -0.914. The second kappa shape index (κ2) is 6.99. The van der Waals surface area contributed by atoms with E-state index >= 15 is 0 Å². The van der Waals surface area contributed by atoms with E-state index in [0.29, 0.717) is 18.7 Å². The summed E-state index contributed by atoms with van der Waals surface area (Å²) < 4.78 is 9.60. The topological polar surface area (TPSA) is 69.3 Å². The van der Waals surface area contributed by atoms with Crippen molar-refractivity contribution in [1.29, 1.82) is 0 Å². The molecular formula is C21H19N3O3. The Morgan fingerprint density at radius 3 is 2.63 bits per heavy atom. The average Bonchev–Trinajstić information content (AvgIpc) is 3.31. The first-order valence-electron chi connectivity index (χ1n) is 8.58. The van der Waals surface area contributed by atoms with Gasteiger partial charge in [0.1, 0.15) is 5.75 Å². The van der Waals surface area contributed by atoms with Crippen LogP contribution in [0, 0.1) is 0 Å². The Morgan fingerprint density at radius 2 is 1.96 bits per heavy atom. The van der Waals surface area contributed by atoms with E-state index in [0.717, 1.165) is 22.2 Å². The third-order valence-corrected chi connectivity index (χ3v) is 4.64. The van der Waals surface area contributed by atoms with Crippen LogP contribution in [-0.2, 0) is 13.1 Å². The number of fused-ring (bicyclic) bond motifs is 1. The van der Waals surface area contributed by atoms with Gasteiger partial charge >= 0.3 is 5.97 Å². The number of carbonyl (C=O) groups is 1. The molecule has 27 heavy (non-hydrogen) atoms. The molecule has 6 heteroatoms. The van der Waals surface area contributed by atoms with Gasteiger partial charge in [-0.25, -0.2) is 9.78 Å². The fraction of sp³-hybridized carbons (Fsp3) is 0.143. The van der Waals surface area contributed by atoms with Crippen LogP contribution < -0.4 is 4.74 Å². The lowest BCUT2D eigenvalue weighted by molar-refractivity contribution is 0.0697. The molecule has 0 amide bonds. The quantitative estimate of drug-likeness (QED) is 0.569. The van der Waals surface area contributed by atoms with Crippen LogP contribution in [0.5, 0.6) is 5.75 Å². The summed E-state index contributed by atoms with van der Waals surface area (Å²) >= 11 is 0. The van der Waals surface area contributed by atoms with Crippen molar-refractivity contribution < 1.29 is 14.6 Å². The van der Waals surface area contributed by atoms with Crippen molar-refractivity contribution in [1.82, 2.24) is 14.1 Å². The normalized spacial score (nSPS) is 11.0. The van der Waals surface area contributed by atoms with E-state index in [1.165, 1.54) is 5.56 Å². The molecule has 0 unspecified atom stereocenters. The molecule has 0 saturated carbocycles. The Kier molecular flexibility index (Phi) is 4.38. The monoisotopic (exact) mass is 361 g/mol. The summed E-state index contributed by atoms with van der Waals surface area (Å²) in [6, 6.07) is 13.0. The van der Waals surface area contributed by atoms with E-state index in [-0.39, 0.29) is 0 Å². The molecular weight excluding hydrogens is 342 g/mol. The summed E-state index contributed by atoms with van der Waals surface area (Å²) in [7, 11) is 1.66. The largest absolute Gasteiger partial charge is 0.497 e. The molecule has 0 atom stereocenters. The standard InChI is InChI=1S/C21H19N3O3/c1-27-18-6-7-20-19(10-18)17(12-23-9-8-22-14-23)13-24(20)11-15-2-4-16(5-3-15)21(25)26/h2-10,13-14H,11-12H2,1H3,(H,25,26). The van der Waals surface area contributed by atoms with Gasteiger partial charge in [-0.2, -0.15) is 0 Å². The van der Waals surface area contributed by atoms with Crippen molar-refractivity contribution in [3.8, 4) is 5.75 Å². The van der Waals surface area contributed by atoms with Crippen LogP contribution in [0.4, 0.5) is 0 Å². The van der Waals surface area contributed by atoms with Crippen LogP contribution in [0.25, 0.3) is 10.9 Å². The third kappa shape index (κ3) is 3.42. The number of hydrogen-bond donors (Lipinski definition) is 1. The van der Waals surface area contributed by atoms with E-state index in [1.54, 1.807) is 31.8 Å². The van der Waals surface area contributed by atoms with Gasteiger partial charge in [0.05, 0.1) is 25.5 Å². The lowest BCUT2D eigenvalue weighted by Crippen LogP contribution is -2.00. The number of methoxy groups -OCH3 is 1. The summed E-state index contributed by atoms with van der Waals surface area (Å²) in [6.07, 6.45) is 7.64. The van der Waals surface area contributed by atoms with E-state index in [9.17, 15) is 4.79 Å². The van der Waals surface area contributed by atoms with Crippen LogP contribution in [0.15, 0.2) is 67.4 Å². The lowest BCUT2D eigenvalue weighted by Gasteiger charge is -2.07. The Morgan fingerprint density at radius 1 is 1.15 bits per heavy atom. The van der Waals surface area contributed by atoms with Gasteiger partial charge in [-0.3, -0.25) is 0 Å². The van der Waals surface area contributed by atoms with Gasteiger partial charge in [0.2, 0.25) is 0 Å². The molecule has 2 aromatic heterocycles. The first-order valence-corrected chi connectivity index (χ1v) is 8.58. The fourth-order valence-corrected chi connectivity index (χ4v) is 3.26. The van der Waals surface area contributed by atoms with E-state index in [1.807, 2.05) is 35.0 Å². The van der Waals surface area contributed by atoms with Crippen molar-refractivity contribution in [2.45, 2.75) is 13.1 Å². The Bertz CT molecular complexity index is 1080. The minimum absolute atomic E-state index is 0.293. The molecule has 0 aliphatic rings. The predicted octanol–water partition coefficient (Wildman–Crippen LogP) is 3.64. The number of imidazole rings is 1. The number of aromatic carboxylic acids is 1. The molecule has 2 heterocycles. The van der Waals surface area contributed by atoms with Crippen molar-refractivity contribution in [2.24, 2.45) is 0 Å². The average molecular weight is 361 g/mol. The maximum absolute atomic E-state index is 11.0. The fourth-order valence-electron chi connectivity index (χ4n) is 3.26. The number of benzene rings is 2. The molecule has 0 radical (unpaired) electrons. The van der Waals surface area contributed by atoms with Crippen molar-refractivity contribution in [3.63, 3.8) is 0 Å². The van der Waals surface area contributed by atoms with Gasteiger partial charge in [0, 0.05) is 36.0 Å². The summed E-state index contributed by atoms with van der Waals surface area (Å²) in [4.78, 5) is 15.1. The van der Waals surface area contributed by atoms with Crippen LogP contribution >= 0.6 is 0 Å². The molecule has 4 rings (SSSR count). The lowest BCUT2D eigenvalue weighted by atomic mass is 10.1. The Balaban J connectivity index is 1.72. The number of rotatable bonds is 6. The number of ether oxygens (including phenoxy) is 1. The van der Waals surface area contributed by atoms with Crippen LogP contribution in [0.3, 0.4) is 0 Å². The molecule has 0 bridgehead atoms. The minimum Gasteiger partial charge on any atom is -0.497 e. The molecule has 2 aromatic carbocycles. The van der Waals surface area contributed by atoms with Crippen LogP contribution in [0.2, 0.25) is 0 Å². The summed E-state index contributed by atoms with van der Waals surface area (Å²) in [5, 5.41) is 10.2. The first kappa shape index (κ1) is 16.9. The molecule has 0 fully saturated rings. The predicted molar refractivity (Wildman–Crippen MR) is 102 cm³/mol. The van der Waals surface area contributed by atoms with Gasteiger partial charge in [0.25, 0.3) is 0 Å². The second-order valence-corrected chi connectivity index (χ2v) is 6.40. The molecule has 1 N–H and O–H groups in total. The molecule has 4 aromatic rings. The number of aromatic nitrogens is 3. The molecule has 0 aliphatic carbocycles. The van der Waals surface area contributed by atoms with Gasteiger partial charge in [-0.05, 0) is 41.5 Å². The smallest absolute Gasteiger partial charge is 0.335 e. The summed E-state index contributed by atoms with van der Waals surface area (Å²) in [6.45, 7) is 1.38. The zero-order valence-corrected chi connectivity index (χ0v) is 14.9. The Hall–Kier alpha value is -3.54. The SMILES string of the molecule is COc1ccc2c(c1)c(Cn1ccnc1)cn2Cc1ccc(C(=O)O)cc1. The van der Waals surface area contributed by atoms with Crippen molar-refractivity contribution in [3.05, 3.63) is 84.1 Å². The van der Waals surface area contributed by atoms with Crippen molar-refractivity contribution >= 4 is 16.9 Å². The number of carboxylic acid groups (broad SMARTS) is 1. The number of carboxylic acids is 1. The highest BCUT2D eigenvalue weighted by molar-refractivity contribution is 5.87. The zero-order chi connectivity index (χ0) is 18.8. The summed E-state index contributed by atoms with van der Waals surface area (Å²) in [5.74, 6) is -0.0966. The highest BCUT2D eigenvalue weighted by Crippen LogP contribution is 2.27. The molecule has 0 spiro atoms. The van der Waals surface area contributed by atoms with Crippen LogP contribution in [0.1, 0.15) is 21.5 Å². The molecule has 6 nitrogen and oxygen atoms in total. The zero-order valence-electron chi connectivity index (χ0n) is 14.9. The molecule has 136 valence electrons. The number of hydrogen-bond acceptors (Lipinski definition) is 3. The number of nitrogens with zero attached hydrogens (tertiary/aromatic N) is 3. The van der Waals surface area contributed by atoms with Gasteiger partial charge in [0.15, 0.2) is 0 Å². The molecule has 0 aliphatic heterocycles. The van der Waals surface area contributed by atoms with Gasteiger partial charge in [-0.1, -0.05) is 12.1 Å². The van der Waals surface area contributed by atoms with Gasteiger partial charge < -0.3 is 19.0 Å². The maximum Gasteiger partial charge on any atom is 0.335 e. The molecule has 0 saturated heterocycles. The third-order valence-electron chi connectivity index (χ3n) is 4.64. The van der Waals surface area contributed by atoms with E-state index in [2.05, 4.69) is 21.8 Å². The second-order valence-electron chi connectivity index (χ2n) is 6.40. The Labute approximate surface area is 156 Å². The highest BCUT2D eigenvalue weighted by Gasteiger charge is 2.11. The van der Waals surface area contributed by atoms with Gasteiger partial charge in [-0.15, -0.1) is 0 Å². The van der Waals surface area contributed by atoms with Crippen molar-refractivity contribution in [2.75, 3.05) is 7.11 Å². The first-order chi connectivity index (χ1) is 13.1. The van der Waals surface area contributed by atoms with E-state index in [4.69, 9.17) is 9.84 Å². The van der Waals surface area contributed by atoms with E-state index < -0.39 is 5.97 Å². The maximum atomic E-state index is 11.0.